The van der Waals surface area contributed by atoms with E-state index in [2.05, 4.69) is 76.2 Å². The highest BCUT2D eigenvalue weighted by atomic mass is 14.7. The van der Waals surface area contributed by atoms with Crippen LogP contribution >= 0.6 is 0 Å². The largest absolute Gasteiger partial charge is 0.0683 e. The minimum atomic E-state index is 0.514. The molecule has 0 saturated heterocycles. The Hall–Kier alpha value is 0. The van der Waals surface area contributed by atoms with Crippen molar-refractivity contribution in [1.29, 1.82) is 0 Å². The summed E-state index contributed by atoms with van der Waals surface area (Å²) < 4.78 is 0. The lowest BCUT2D eigenvalue weighted by molar-refractivity contribution is -0.216. The molecular formula is C36H70. The Morgan fingerprint density at radius 1 is 0.750 bits per heavy atom. The van der Waals surface area contributed by atoms with Gasteiger partial charge in [-0.05, 0) is 107 Å². The Bertz CT molecular complexity index is 663. The molecule has 0 heterocycles. The van der Waals surface area contributed by atoms with Crippen molar-refractivity contribution in [2.75, 3.05) is 0 Å². The minimum Gasteiger partial charge on any atom is -0.0683 e. The molecule has 0 bridgehead atoms. The number of unbranched alkanes of at least 4 members (excludes halogenated alkanes) is 1. The summed E-state index contributed by atoms with van der Waals surface area (Å²) in [7, 11) is 0. The van der Waals surface area contributed by atoms with Crippen LogP contribution in [0.4, 0.5) is 0 Å². The van der Waals surface area contributed by atoms with Crippen LogP contribution in [-0.4, -0.2) is 0 Å². The third-order valence-corrected chi connectivity index (χ3v) is 13.0. The van der Waals surface area contributed by atoms with Crippen LogP contribution in [0.3, 0.4) is 0 Å². The third kappa shape index (κ3) is 5.12. The summed E-state index contributed by atoms with van der Waals surface area (Å²) in [5, 5.41) is 0. The van der Waals surface area contributed by atoms with Crippen LogP contribution in [0, 0.1) is 87.8 Å². The Kier molecular flexibility index (Phi) is 11.1. The normalized spacial score (nSPS) is 51.7. The third-order valence-electron chi connectivity index (χ3n) is 13.0. The van der Waals surface area contributed by atoms with Crippen molar-refractivity contribution in [3.05, 3.63) is 0 Å². The smallest absolute Gasteiger partial charge is 0.0254 e. The highest BCUT2D eigenvalue weighted by Gasteiger charge is 2.66. The fourth-order valence-electron chi connectivity index (χ4n) is 12.7. The molecule has 4 rings (SSSR count). The minimum absolute atomic E-state index is 0.514. The van der Waals surface area contributed by atoms with Gasteiger partial charge in [-0.25, -0.2) is 0 Å². The van der Waals surface area contributed by atoms with E-state index in [1.165, 1.54) is 32.1 Å². The van der Waals surface area contributed by atoms with Crippen LogP contribution in [0.25, 0.3) is 0 Å². The zero-order valence-electron chi connectivity index (χ0n) is 27.7. The topological polar surface area (TPSA) is 0 Å². The first-order chi connectivity index (χ1) is 16.9. The Balaban J connectivity index is 0.00000109. The molecule has 0 amide bonds. The van der Waals surface area contributed by atoms with Gasteiger partial charge in [-0.15, -0.1) is 0 Å². The van der Waals surface area contributed by atoms with E-state index in [0.29, 0.717) is 10.8 Å². The van der Waals surface area contributed by atoms with Crippen molar-refractivity contribution in [3.8, 4) is 0 Å². The molecule has 0 radical (unpaired) electrons. The van der Waals surface area contributed by atoms with Gasteiger partial charge in [-0.1, -0.05) is 123 Å². The lowest BCUT2D eigenvalue weighted by Gasteiger charge is -2.70. The predicted octanol–water partition coefficient (Wildman–Crippen LogP) is 11.6. The standard InChI is InChI=1S/C32H58.2C2H6/c1-12-13-14-25-15-19(4)27-23(8)29-24(9)30-22(7)20(5)21(6)28(18(2)3)32(30,11)17-31(29,10)16-26(25)27;2*1-2/h18-30H,12-17H2,1-11H3;2*1-2H3. The van der Waals surface area contributed by atoms with E-state index in [9.17, 15) is 0 Å². The summed E-state index contributed by atoms with van der Waals surface area (Å²) in [6.07, 6.45) is 8.90. The van der Waals surface area contributed by atoms with Gasteiger partial charge in [0.05, 0.1) is 0 Å². The Morgan fingerprint density at radius 3 is 1.86 bits per heavy atom. The summed E-state index contributed by atoms with van der Waals surface area (Å²) >= 11 is 0. The van der Waals surface area contributed by atoms with Gasteiger partial charge in [0.25, 0.3) is 0 Å². The molecular weight excluding hydrogens is 432 g/mol. The molecule has 0 aliphatic heterocycles. The molecule has 0 heteroatoms. The van der Waals surface area contributed by atoms with Gasteiger partial charge < -0.3 is 0 Å². The fraction of sp³-hybridized carbons (Fsp3) is 1.00. The molecule has 4 fully saturated rings. The lowest BCUT2D eigenvalue weighted by Crippen LogP contribution is -2.64. The summed E-state index contributed by atoms with van der Waals surface area (Å²) in [6, 6.07) is 0. The summed E-state index contributed by atoms with van der Waals surface area (Å²) in [5.74, 6) is 11.9. The van der Waals surface area contributed by atoms with Gasteiger partial charge in [0.15, 0.2) is 0 Å². The van der Waals surface area contributed by atoms with E-state index in [0.717, 1.165) is 76.9 Å². The average molecular weight is 503 g/mol. The van der Waals surface area contributed by atoms with Crippen molar-refractivity contribution in [3.63, 3.8) is 0 Å². The summed E-state index contributed by atoms with van der Waals surface area (Å²) in [6.45, 7) is 37.0. The molecule has 36 heavy (non-hydrogen) atoms. The van der Waals surface area contributed by atoms with E-state index in [-0.39, 0.29) is 0 Å². The lowest BCUT2D eigenvalue weighted by atomic mass is 9.35. The molecule has 0 spiro atoms. The number of rotatable bonds is 4. The molecule has 0 nitrogen and oxygen atoms in total. The summed E-state index contributed by atoms with van der Waals surface area (Å²) in [4.78, 5) is 0. The Morgan fingerprint density at radius 2 is 1.33 bits per heavy atom. The van der Waals surface area contributed by atoms with E-state index in [1.54, 1.807) is 6.42 Å². The molecule has 0 aromatic heterocycles. The maximum atomic E-state index is 2.78. The SMILES string of the molecule is CC.CC.CCCCC1CC(C)C2C(C)C3C(C)C4C(C)C(C)C(C)C(C(C)C)C4(C)CC3(C)CC12. The second-order valence-electron chi connectivity index (χ2n) is 15.0. The second-order valence-corrected chi connectivity index (χ2v) is 15.0. The van der Waals surface area contributed by atoms with E-state index < -0.39 is 0 Å². The van der Waals surface area contributed by atoms with E-state index in [1.807, 2.05) is 27.7 Å². The van der Waals surface area contributed by atoms with E-state index in [4.69, 9.17) is 0 Å². The van der Waals surface area contributed by atoms with Crippen molar-refractivity contribution >= 4 is 0 Å². The average Bonchev–Trinajstić information content (AvgIpc) is 3.12. The van der Waals surface area contributed by atoms with Crippen molar-refractivity contribution in [2.24, 2.45) is 87.8 Å². The van der Waals surface area contributed by atoms with Crippen molar-refractivity contribution in [1.82, 2.24) is 0 Å². The van der Waals surface area contributed by atoms with Gasteiger partial charge in [0, 0.05) is 0 Å². The van der Waals surface area contributed by atoms with Crippen LogP contribution in [0.2, 0.25) is 0 Å². The molecule has 14 atom stereocenters. The monoisotopic (exact) mass is 503 g/mol. The van der Waals surface area contributed by atoms with E-state index >= 15 is 0 Å². The summed E-state index contributed by atoms with van der Waals surface area (Å²) in [5.41, 5.74) is 1.06. The molecule has 4 aliphatic rings. The Labute approximate surface area is 230 Å². The molecule has 0 aromatic carbocycles. The van der Waals surface area contributed by atoms with Gasteiger partial charge in [-0.3, -0.25) is 0 Å². The zero-order valence-corrected chi connectivity index (χ0v) is 27.7. The zero-order chi connectivity index (χ0) is 27.7. The van der Waals surface area contributed by atoms with Gasteiger partial charge in [-0.2, -0.15) is 0 Å². The van der Waals surface area contributed by atoms with Crippen molar-refractivity contribution in [2.45, 2.75) is 142 Å². The fourth-order valence-corrected chi connectivity index (χ4v) is 12.7. The van der Waals surface area contributed by atoms with Gasteiger partial charge in [0.1, 0.15) is 0 Å². The van der Waals surface area contributed by atoms with Crippen LogP contribution in [-0.2, 0) is 0 Å². The molecule has 0 aromatic rings. The molecule has 14 unspecified atom stereocenters. The first kappa shape index (κ1) is 32.2. The molecule has 4 aliphatic carbocycles. The quantitative estimate of drug-likeness (QED) is 0.358. The number of hydrogen-bond acceptors (Lipinski definition) is 0. The highest BCUT2D eigenvalue weighted by molar-refractivity contribution is 5.14. The molecule has 4 saturated carbocycles. The van der Waals surface area contributed by atoms with Crippen LogP contribution in [0.5, 0.6) is 0 Å². The van der Waals surface area contributed by atoms with Gasteiger partial charge >= 0.3 is 0 Å². The molecule has 0 N–H and O–H groups in total. The highest BCUT2D eigenvalue weighted by Crippen LogP contribution is 2.72. The predicted molar refractivity (Wildman–Crippen MR) is 163 cm³/mol. The van der Waals surface area contributed by atoms with Gasteiger partial charge in [0.2, 0.25) is 0 Å². The van der Waals surface area contributed by atoms with Crippen LogP contribution in [0.1, 0.15) is 142 Å². The second kappa shape index (κ2) is 12.5. The van der Waals surface area contributed by atoms with Crippen LogP contribution < -0.4 is 0 Å². The number of fused-ring (bicyclic) bond motifs is 3. The first-order valence-electron chi connectivity index (χ1n) is 16.9. The first-order valence-corrected chi connectivity index (χ1v) is 16.9. The van der Waals surface area contributed by atoms with Crippen LogP contribution in [0.15, 0.2) is 0 Å². The maximum Gasteiger partial charge on any atom is -0.0254 e. The molecule has 214 valence electrons. The van der Waals surface area contributed by atoms with Crippen molar-refractivity contribution < 1.29 is 0 Å². The number of hydrogen-bond donors (Lipinski definition) is 0. The maximum absolute atomic E-state index is 2.78.